The molecule has 0 radical (unpaired) electrons. The monoisotopic (exact) mass is 315 g/mol. The fraction of sp³-hybridized carbons (Fsp3) is 0.625. The highest BCUT2D eigenvalue weighted by Gasteiger charge is 2.20. The molecule has 1 saturated heterocycles. The van der Waals surface area contributed by atoms with Gasteiger partial charge in [-0.3, -0.25) is 0 Å². The van der Waals surface area contributed by atoms with E-state index in [0.29, 0.717) is 16.1 Å². The molecule has 1 heterocycles. The van der Waals surface area contributed by atoms with Crippen LogP contribution in [0.4, 0.5) is 0 Å². The quantitative estimate of drug-likeness (QED) is 0.810. The molecule has 112 valence electrons. The summed E-state index contributed by atoms with van der Waals surface area (Å²) >= 11 is 12.3. The molecule has 0 aromatic heterocycles. The summed E-state index contributed by atoms with van der Waals surface area (Å²) in [7, 11) is 0. The fourth-order valence-corrected chi connectivity index (χ4v) is 3.29. The zero-order chi connectivity index (χ0) is 14.4. The topological polar surface area (TPSA) is 21.3 Å². The van der Waals surface area contributed by atoms with E-state index in [1.54, 1.807) is 6.07 Å². The number of rotatable bonds is 6. The van der Waals surface area contributed by atoms with E-state index >= 15 is 0 Å². The molecule has 4 heteroatoms. The molecule has 1 fully saturated rings. The highest BCUT2D eigenvalue weighted by molar-refractivity contribution is 6.34. The van der Waals surface area contributed by atoms with Crippen molar-refractivity contribution in [2.45, 2.75) is 38.6 Å². The molecule has 1 aliphatic rings. The van der Waals surface area contributed by atoms with Gasteiger partial charge in [-0.2, -0.15) is 0 Å². The number of halogens is 2. The Bertz CT molecular complexity index is 399. The van der Waals surface area contributed by atoms with Gasteiger partial charge in [-0.15, -0.1) is 0 Å². The molecule has 0 spiro atoms. The molecule has 0 saturated carbocycles. The van der Waals surface area contributed by atoms with Gasteiger partial charge < -0.3 is 10.1 Å². The normalized spacial score (nSPS) is 18.1. The molecule has 1 aromatic carbocycles. The predicted molar refractivity (Wildman–Crippen MR) is 85.7 cm³/mol. The van der Waals surface area contributed by atoms with Gasteiger partial charge in [0.2, 0.25) is 0 Å². The van der Waals surface area contributed by atoms with Gasteiger partial charge in [-0.1, -0.05) is 30.1 Å². The van der Waals surface area contributed by atoms with E-state index in [-0.39, 0.29) is 0 Å². The Morgan fingerprint density at radius 3 is 2.45 bits per heavy atom. The Morgan fingerprint density at radius 2 is 1.85 bits per heavy atom. The minimum absolute atomic E-state index is 0.328. The molecule has 1 atom stereocenters. The Hall–Kier alpha value is -0.280. The molecule has 1 N–H and O–H groups in total. The average molecular weight is 316 g/mol. The summed E-state index contributed by atoms with van der Waals surface area (Å²) in [6.07, 6.45) is 4.55. The molecular weight excluding hydrogens is 293 g/mol. The lowest BCUT2D eigenvalue weighted by Gasteiger charge is -2.28. The van der Waals surface area contributed by atoms with Gasteiger partial charge >= 0.3 is 0 Å². The molecule has 0 amide bonds. The summed E-state index contributed by atoms with van der Waals surface area (Å²) in [6, 6.07) is 6.17. The number of ether oxygens (including phenoxy) is 1. The van der Waals surface area contributed by atoms with Gasteiger partial charge in [-0.25, -0.2) is 0 Å². The molecule has 2 rings (SSSR count). The van der Waals surface area contributed by atoms with Crippen molar-refractivity contribution in [1.29, 1.82) is 0 Å². The maximum absolute atomic E-state index is 6.14. The van der Waals surface area contributed by atoms with Crippen LogP contribution in [0.2, 0.25) is 10.0 Å². The first-order valence-electron chi connectivity index (χ1n) is 7.46. The highest BCUT2D eigenvalue weighted by Crippen LogP contribution is 2.30. The smallest absolute Gasteiger partial charge is 0.0468 e. The third kappa shape index (κ3) is 4.92. The lowest BCUT2D eigenvalue weighted by atomic mass is 9.89. The first-order chi connectivity index (χ1) is 9.69. The fourth-order valence-electron chi connectivity index (χ4n) is 2.75. The Morgan fingerprint density at radius 1 is 1.20 bits per heavy atom. The van der Waals surface area contributed by atoms with Gasteiger partial charge in [0.05, 0.1) is 0 Å². The van der Waals surface area contributed by atoms with Gasteiger partial charge in [-0.05, 0) is 61.9 Å². The lowest BCUT2D eigenvalue weighted by molar-refractivity contribution is 0.0605. The minimum atomic E-state index is 0.328. The van der Waals surface area contributed by atoms with E-state index < -0.39 is 0 Å². The van der Waals surface area contributed by atoms with Crippen molar-refractivity contribution in [2.75, 3.05) is 19.8 Å². The molecule has 1 aromatic rings. The SMILES string of the molecule is CCCNC(CC1CCOCC1)c1cc(Cl)cc(Cl)c1. The summed E-state index contributed by atoms with van der Waals surface area (Å²) in [5.41, 5.74) is 1.20. The Kier molecular flexibility index (Phi) is 6.63. The van der Waals surface area contributed by atoms with Crippen LogP contribution in [0.1, 0.15) is 44.2 Å². The van der Waals surface area contributed by atoms with E-state index in [0.717, 1.165) is 51.4 Å². The Balaban J connectivity index is 2.08. The van der Waals surface area contributed by atoms with Crippen molar-refractivity contribution in [3.8, 4) is 0 Å². The van der Waals surface area contributed by atoms with Crippen LogP contribution >= 0.6 is 23.2 Å². The largest absolute Gasteiger partial charge is 0.381 e. The van der Waals surface area contributed by atoms with Gasteiger partial charge in [0.1, 0.15) is 0 Å². The van der Waals surface area contributed by atoms with Gasteiger partial charge in [0, 0.05) is 29.3 Å². The summed E-state index contributed by atoms with van der Waals surface area (Å²) in [6.45, 7) is 4.98. The third-order valence-corrected chi connectivity index (χ3v) is 4.27. The summed E-state index contributed by atoms with van der Waals surface area (Å²) in [4.78, 5) is 0. The van der Waals surface area contributed by atoms with E-state index in [9.17, 15) is 0 Å². The molecule has 1 aliphatic heterocycles. The van der Waals surface area contributed by atoms with E-state index in [1.165, 1.54) is 5.56 Å². The molecule has 20 heavy (non-hydrogen) atoms. The van der Waals surface area contributed by atoms with Crippen LogP contribution in [0, 0.1) is 5.92 Å². The molecule has 1 unspecified atom stereocenters. The molecule has 2 nitrogen and oxygen atoms in total. The predicted octanol–water partition coefficient (Wildman–Crippen LogP) is 4.85. The van der Waals surface area contributed by atoms with Crippen LogP contribution < -0.4 is 5.32 Å². The standard InChI is InChI=1S/C16H23Cl2NO/c1-2-5-19-16(8-12-3-6-20-7-4-12)13-9-14(17)11-15(18)10-13/h9-12,16,19H,2-8H2,1H3. The van der Waals surface area contributed by atoms with Crippen molar-refractivity contribution < 1.29 is 4.74 Å². The van der Waals surface area contributed by atoms with E-state index in [1.807, 2.05) is 12.1 Å². The number of nitrogens with one attached hydrogen (secondary N) is 1. The second-order valence-electron chi connectivity index (χ2n) is 5.50. The molecular formula is C16H23Cl2NO. The van der Waals surface area contributed by atoms with Crippen LogP contribution in [0.3, 0.4) is 0 Å². The van der Waals surface area contributed by atoms with Crippen molar-refractivity contribution in [3.05, 3.63) is 33.8 Å². The van der Waals surface area contributed by atoms with E-state index in [4.69, 9.17) is 27.9 Å². The zero-order valence-corrected chi connectivity index (χ0v) is 13.5. The molecule has 0 bridgehead atoms. The lowest BCUT2D eigenvalue weighted by Crippen LogP contribution is -2.27. The summed E-state index contributed by atoms with van der Waals surface area (Å²) in [5.74, 6) is 0.718. The maximum atomic E-state index is 6.14. The number of hydrogen-bond donors (Lipinski definition) is 1. The summed E-state index contributed by atoms with van der Waals surface area (Å²) < 4.78 is 5.44. The zero-order valence-electron chi connectivity index (χ0n) is 12.0. The second-order valence-corrected chi connectivity index (χ2v) is 6.37. The van der Waals surface area contributed by atoms with Crippen LogP contribution in [0.15, 0.2) is 18.2 Å². The van der Waals surface area contributed by atoms with Crippen molar-refractivity contribution in [3.63, 3.8) is 0 Å². The van der Waals surface area contributed by atoms with Crippen molar-refractivity contribution in [2.24, 2.45) is 5.92 Å². The first-order valence-corrected chi connectivity index (χ1v) is 8.21. The first kappa shape index (κ1) is 16.1. The van der Waals surface area contributed by atoms with Crippen LogP contribution in [-0.4, -0.2) is 19.8 Å². The van der Waals surface area contributed by atoms with Gasteiger partial charge in [0.25, 0.3) is 0 Å². The van der Waals surface area contributed by atoms with Crippen molar-refractivity contribution >= 4 is 23.2 Å². The minimum Gasteiger partial charge on any atom is -0.381 e. The number of hydrogen-bond acceptors (Lipinski definition) is 2. The Labute approximate surface area is 131 Å². The molecule has 0 aliphatic carbocycles. The number of benzene rings is 1. The third-order valence-electron chi connectivity index (χ3n) is 3.84. The highest BCUT2D eigenvalue weighted by atomic mass is 35.5. The van der Waals surface area contributed by atoms with Gasteiger partial charge in [0.15, 0.2) is 0 Å². The van der Waals surface area contributed by atoms with Crippen molar-refractivity contribution in [1.82, 2.24) is 5.32 Å². The van der Waals surface area contributed by atoms with Crippen LogP contribution in [0.5, 0.6) is 0 Å². The average Bonchev–Trinajstić information content (AvgIpc) is 2.43. The van der Waals surface area contributed by atoms with Crippen LogP contribution in [-0.2, 0) is 4.74 Å². The summed E-state index contributed by atoms with van der Waals surface area (Å²) in [5, 5.41) is 5.05. The second kappa shape index (κ2) is 8.23. The van der Waals surface area contributed by atoms with E-state index in [2.05, 4.69) is 12.2 Å². The van der Waals surface area contributed by atoms with Crippen LogP contribution in [0.25, 0.3) is 0 Å². The maximum Gasteiger partial charge on any atom is 0.0468 e.